The molecular weight excluding hydrogens is 386 g/mol. The molecule has 2 aliphatic rings. The second-order valence-electron chi connectivity index (χ2n) is 8.59. The maximum absolute atomic E-state index is 12.4. The van der Waals surface area contributed by atoms with Gasteiger partial charge >= 0.3 is 6.09 Å². The molecule has 1 saturated heterocycles. The number of anilines is 1. The van der Waals surface area contributed by atoms with E-state index in [0.717, 1.165) is 23.3 Å². The lowest BCUT2D eigenvalue weighted by atomic mass is 9.90. The molecule has 1 unspecified atom stereocenters. The zero-order valence-corrected chi connectivity index (χ0v) is 17.7. The Labute approximate surface area is 176 Å². The number of carbonyl (C=O) groups is 3. The lowest BCUT2D eigenvalue weighted by Gasteiger charge is -2.34. The fourth-order valence-electron chi connectivity index (χ4n) is 3.65. The Morgan fingerprint density at radius 2 is 1.93 bits per heavy atom. The minimum atomic E-state index is -0.516. The number of β-amino-alcohol motifs (C(OH)–C–C–N with tert-alkyl or cyclic N) is 1. The van der Waals surface area contributed by atoms with Crippen LogP contribution >= 0.6 is 0 Å². The summed E-state index contributed by atoms with van der Waals surface area (Å²) >= 11 is 0. The number of nitrogens with one attached hydrogen (secondary N) is 1. The number of piperidine rings is 1. The van der Waals surface area contributed by atoms with Crippen molar-refractivity contribution >= 4 is 23.6 Å². The fraction of sp³-hybridized carbons (Fsp3) is 0.500. The Kier molecular flexibility index (Phi) is 6.45. The van der Waals surface area contributed by atoms with Crippen LogP contribution in [0.1, 0.15) is 45.1 Å². The summed E-state index contributed by atoms with van der Waals surface area (Å²) in [6.45, 7) is 6.59. The summed E-state index contributed by atoms with van der Waals surface area (Å²) in [5, 5.41) is 12.0. The summed E-state index contributed by atoms with van der Waals surface area (Å²) in [6.07, 6.45) is 2.86. The van der Waals surface area contributed by atoms with E-state index in [1.165, 1.54) is 6.08 Å². The van der Waals surface area contributed by atoms with E-state index >= 15 is 0 Å². The second kappa shape index (κ2) is 8.87. The van der Waals surface area contributed by atoms with Crippen molar-refractivity contribution in [2.45, 2.75) is 45.1 Å². The summed E-state index contributed by atoms with van der Waals surface area (Å²) in [7, 11) is 0. The third-order valence-corrected chi connectivity index (χ3v) is 5.07. The zero-order valence-electron chi connectivity index (χ0n) is 17.7. The molecule has 8 nitrogen and oxygen atoms in total. The average Bonchev–Trinajstić information content (AvgIpc) is 2.95. The van der Waals surface area contributed by atoms with Crippen LogP contribution in [0.4, 0.5) is 10.5 Å². The number of nitrogens with zero attached hydrogens (tertiary/aromatic N) is 2. The standard InChI is InChI=1S/C22H29N3O5/c1-22(2,3)30-21(29)24-10-4-5-16(14-24)15-6-8-17(9-7-15)23-18-13-19(27)25(11-12-26)20(18)28/h6-9,13,16,23,26H,4-5,10-12,14H2,1-3H3. The van der Waals surface area contributed by atoms with Crippen LogP contribution in [-0.4, -0.2) is 64.7 Å². The number of hydrogen-bond acceptors (Lipinski definition) is 6. The van der Waals surface area contributed by atoms with Gasteiger partial charge in [-0.3, -0.25) is 14.5 Å². The van der Waals surface area contributed by atoms with Gasteiger partial charge in [-0.1, -0.05) is 12.1 Å². The lowest BCUT2D eigenvalue weighted by Crippen LogP contribution is -2.42. The number of benzene rings is 1. The van der Waals surface area contributed by atoms with Crippen LogP contribution in [0, 0.1) is 0 Å². The Hall–Kier alpha value is -2.87. The highest BCUT2D eigenvalue weighted by molar-refractivity contribution is 6.17. The first-order chi connectivity index (χ1) is 14.2. The van der Waals surface area contributed by atoms with E-state index in [9.17, 15) is 14.4 Å². The van der Waals surface area contributed by atoms with E-state index in [2.05, 4.69) is 5.32 Å². The SMILES string of the molecule is CC(C)(C)OC(=O)N1CCCC(c2ccc(NC3=CC(=O)N(CCO)C3=O)cc2)C1. The van der Waals surface area contributed by atoms with Crippen molar-refractivity contribution in [2.75, 3.05) is 31.6 Å². The zero-order chi connectivity index (χ0) is 21.9. The van der Waals surface area contributed by atoms with Gasteiger partial charge in [0.1, 0.15) is 11.3 Å². The van der Waals surface area contributed by atoms with Gasteiger partial charge in [0.2, 0.25) is 0 Å². The van der Waals surface area contributed by atoms with Gasteiger partial charge < -0.3 is 20.1 Å². The number of ether oxygens (including phenoxy) is 1. The normalized spacial score (nSPS) is 19.7. The molecule has 3 rings (SSSR count). The first kappa shape index (κ1) is 21.8. The van der Waals surface area contributed by atoms with E-state index in [1.54, 1.807) is 4.90 Å². The predicted octanol–water partition coefficient (Wildman–Crippen LogP) is 2.46. The van der Waals surface area contributed by atoms with E-state index < -0.39 is 17.4 Å². The summed E-state index contributed by atoms with van der Waals surface area (Å²) < 4.78 is 5.49. The molecule has 3 amide bonds. The van der Waals surface area contributed by atoms with Gasteiger partial charge in [0, 0.05) is 30.8 Å². The van der Waals surface area contributed by atoms with Crippen LogP contribution in [0.25, 0.3) is 0 Å². The van der Waals surface area contributed by atoms with Gasteiger partial charge in [0.05, 0.1) is 13.2 Å². The molecule has 2 heterocycles. The summed E-state index contributed by atoms with van der Waals surface area (Å²) in [5.41, 5.74) is 1.47. The largest absolute Gasteiger partial charge is 0.444 e. The average molecular weight is 415 g/mol. The Morgan fingerprint density at radius 1 is 1.23 bits per heavy atom. The molecular formula is C22H29N3O5. The Balaban J connectivity index is 1.62. The van der Waals surface area contributed by atoms with Gasteiger partial charge in [0.15, 0.2) is 0 Å². The third kappa shape index (κ3) is 5.18. The number of imide groups is 1. The van der Waals surface area contributed by atoms with Crippen molar-refractivity contribution in [3.63, 3.8) is 0 Å². The second-order valence-corrected chi connectivity index (χ2v) is 8.59. The highest BCUT2D eigenvalue weighted by Gasteiger charge is 2.31. The number of amides is 3. The smallest absolute Gasteiger partial charge is 0.410 e. The molecule has 2 aliphatic heterocycles. The maximum atomic E-state index is 12.4. The molecule has 2 N–H and O–H groups in total. The molecule has 0 bridgehead atoms. The fourth-order valence-corrected chi connectivity index (χ4v) is 3.65. The van der Waals surface area contributed by atoms with Gasteiger partial charge in [-0.25, -0.2) is 4.79 Å². The van der Waals surface area contributed by atoms with Crippen molar-refractivity contribution < 1.29 is 24.2 Å². The molecule has 0 saturated carbocycles. The van der Waals surface area contributed by atoms with Crippen molar-refractivity contribution in [1.82, 2.24) is 9.80 Å². The van der Waals surface area contributed by atoms with E-state index in [-0.39, 0.29) is 30.9 Å². The quantitative estimate of drug-likeness (QED) is 0.717. The van der Waals surface area contributed by atoms with Crippen LogP contribution < -0.4 is 5.32 Å². The van der Waals surface area contributed by atoms with Crippen molar-refractivity contribution in [2.24, 2.45) is 0 Å². The maximum Gasteiger partial charge on any atom is 0.410 e. The minimum absolute atomic E-state index is 0.0197. The van der Waals surface area contributed by atoms with Gasteiger partial charge in [-0.2, -0.15) is 0 Å². The van der Waals surface area contributed by atoms with Gasteiger partial charge in [-0.05, 0) is 51.3 Å². The summed E-state index contributed by atoms with van der Waals surface area (Å²) in [5.74, 6) is -0.662. The molecule has 1 aromatic rings. The summed E-state index contributed by atoms with van der Waals surface area (Å²) in [6, 6.07) is 7.65. The summed E-state index contributed by atoms with van der Waals surface area (Å²) in [4.78, 5) is 39.2. The first-order valence-corrected chi connectivity index (χ1v) is 10.2. The van der Waals surface area contributed by atoms with Crippen LogP contribution in [-0.2, 0) is 14.3 Å². The van der Waals surface area contributed by atoms with Crippen LogP contribution in [0.3, 0.4) is 0 Å². The molecule has 8 heteroatoms. The van der Waals surface area contributed by atoms with E-state index in [0.29, 0.717) is 18.8 Å². The van der Waals surface area contributed by atoms with Crippen molar-refractivity contribution in [1.29, 1.82) is 0 Å². The van der Waals surface area contributed by atoms with Crippen molar-refractivity contribution in [3.8, 4) is 0 Å². The molecule has 1 fully saturated rings. The molecule has 0 aliphatic carbocycles. The van der Waals surface area contributed by atoms with Gasteiger partial charge in [-0.15, -0.1) is 0 Å². The molecule has 1 aromatic carbocycles. The third-order valence-electron chi connectivity index (χ3n) is 5.07. The van der Waals surface area contributed by atoms with E-state index in [1.807, 2.05) is 45.0 Å². The number of aliphatic hydroxyl groups excluding tert-OH is 1. The number of hydrogen-bond donors (Lipinski definition) is 2. The minimum Gasteiger partial charge on any atom is -0.444 e. The van der Waals surface area contributed by atoms with Crippen LogP contribution in [0.15, 0.2) is 36.0 Å². The molecule has 0 spiro atoms. The van der Waals surface area contributed by atoms with Crippen LogP contribution in [0.5, 0.6) is 0 Å². The molecule has 1 atom stereocenters. The van der Waals surface area contributed by atoms with Gasteiger partial charge in [0.25, 0.3) is 11.8 Å². The number of carbonyl (C=O) groups excluding carboxylic acids is 3. The van der Waals surface area contributed by atoms with Crippen molar-refractivity contribution in [3.05, 3.63) is 41.6 Å². The first-order valence-electron chi connectivity index (χ1n) is 10.2. The highest BCUT2D eigenvalue weighted by atomic mass is 16.6. The monoisotopic (exact) mass is 415 g/mol. The number of likely N-dealkylation sites (tertiary alicyclic amines) is 1. The molecule has 162 valence electrons. The molecule has 0 aromatic heterocycles. The molecule has 0 radical (unpaired) electrons. The highest BCUT2D eigenvalue weighted by Crippen LogP contribution is 2.29. The topological polar surface area (TPSA) is 99.2 Å². The lowest BCUT2D eigenvalue weighted by molar-refractivity contribution is -0.137. The Bertz CT molecular complexity index is 841. The van der Waals surface area contributed by atoms with Crippen LogP contribution in [0.2, 0.25) is 0 Å². The number of rotatable bonds is 5. The Morgan fingerprint density at radius 3 is 2.57 bits per heavy atom. The predicted molar refractivity (Wildman–Crippen MR) is 112 cm³/mol. The number of aliphatic hydroxyl groups is 1. The van der Waals surface area contributed by atoms with E-state index in [4.69, 9.17) is 9.84 Å². The molecule has 30 heavy (non-hydrogen) atoms.